The molecule has 1 unspecified atom stereocenters. The Kier molecular flexibility index (Phi) is 14.6. The number of alkyl carbamates (subject to hydrolysis) is 1. The third-order valence-electron chi connectivity index (χ3n) is 7.87. The van der Waals surface area contributed by atoms with Crippen molar-refractivity contribution in [2.24, 2.45) is 17.3 Å². The topological polar surface area (TPSA) is 192 Å². The van der Waals surface area contributed by atoms with Crippen LogP contribution < -0.4 is 21.3 Å². The van der Waals surface area contributed by atoms with Crippen molar-refractivity contribution < 1.29 is 43.3 Å². The number of Topliss-reactive ketones (excluding diaryl/α,β-unsaturated/α-hetero) is 1. The number of nitrogens with zero attached hydrogens (tertiary/aromatic N) is 1. The lowest BCUT2D eigenvalue weighted by atomic mass is 9.85. The van der Waals surface area contributed by atoms with E-state index < -0.39 is 83.3 Å². The molecule has 1 heterocycles. The van der Waals surface area contributed by atoms with Crippen molar-refractivity contribution in [2.75, 3.05) is 26.3 Å². The van der Waals surface area contributed by atoms with Gasteiger partial charge in [-0.25, -0.2) is 4.79 Å². The molecule has 2 fully saturated rings. The molecule has 14 nitrogen and oxygen atoms in total. The van der Waals surface area contributed by atoms with Crippen LogP contribution in [-0.4, -0.2) is 108 Å². The highest BCUT2D eigenvalue weighted by Crippen LogP contribution is 2.32. The number of hydrogen-bond donors (Lipinski definition) is 5. The standard InChI is InChI=1S/C33H57N5O9/c1-10-11-22(26(41)29(43)34-15-25(40)35-23(17-39)20-12-13-20)36-28(42)24-14-21(47-33(7,8)9)16-38(24)30(44)27(32(4,5)6)37-31(45)46-18-19(2)3/h19-24,27,39H,10-18H2,1-9H3,(H,34,43)(H,35,40)(H,36,42)(H,37,45)/t21-,22?,23-,24+,27-/m1/s1. The van der Waals surface area contributed by atoms with Crippen LogP contribution in [0.4, 0.5) is 4.79 Å². The van der Waals surface area contributed by atoms with E-state index in [2.05, 4.69) is 21.3 Å². The van der Waals surface area contributed by atoms with Crippen molar-refractivity contribution in [3.05, 3.63) is 0 Å². The van der Waals surface area contributed by atoms with Crippen LogP contribution in [0.3, 0.4) is 0 Å². The van der Waals surface area contributed by atoms with Gasteiger partial charge in [0.1, 0.15) is 12.1 Å². The second-order valence-electron chi connectivity index (χ2n) is 15.1. The molecule has 14 heteroatoms. The Hall–Kier alpha value is -3.26. The van der Waals surface area contributed by atoms with Crippen molar-refractivity contribution in [1.29, 1.82) is 0 Å². The van der Waals surface area contributed by atoms with Crippen molar-refractivity contribution in [2.45, 2.75) is 130 Å². The highest BCUT2D eigenvalue weighted by molar-refractivity contribution is 6.38. The molecule has 5 amide bonds. The minimum Gasteiger partial charge on any atom is -0.449 e. The number of aliphatic hydroxyl groups is 1. The van der Waals surface area contributed by atoms with E-state index in [-0.39, 0.29) is 44.4 Å². The van der Waals surface area contributed by atoms with Gasteiger partial charge in [-0.1, -0.05) is 48.0 Å². The fourth-order valence-corrected chi connectivity index (χ4v) is 5.39. The second-order valence-corrected chi connectivity index (χ2v) is 15.1. The summed E-state index contributed by atoms with van der Waals surface area (Å²) in [6.45, 7) is 16.1. The maximum atomic E-state index is 14.1. The van der Waals surface area contributed by atoms with Crippen LogP contribution >= 0.6 is 0 Å². The molecule has 2 aliphatic rings. The van der Waals surface area contributed by atoms with Gasteiger partial charge in [-0.3, -0.25) is 24.0 Å². The van der Waals surface area contributed by atoms with E-state index in [0.29, 0.717) is 6.42 Å². The number of nitrogens with one attached hydrogen (secondary N) is 4. The maximum absolute atomic E-state index is 14.1. The quantitative estimate of drug-likeness (QED) is 0.152. The minimum absolute atomic E-state index is 0.0706. The highest BCUT2D eigenvalue weighted by Gasteiger charge is 2.47. The lowest BCUT2D eigenvalue weighted by Gasteiger charge is -2.35. The van der Waals surface area contributed by atoms with Crippen molar-refractivity contribution >= 4 is 35.5 Å². The van der Waals surface area contributed by atoms with Gasteiger partial charge in [-0.05, 0) is 57.3 Å². The predicted octanol–water partition coefficient (Wildman–Crippen LogP) is 1.43. The summed E-state index contributed by atoms with van der Waals surface area (Å²) in [5, 5.41) is 19.8. The van der Waals surface area contributed by atoms with Gasteiger partial charge in [0.25, 0.3) is 5.91 Å². The molecule has 0 aromatic rings. The van der Waals surface area contributed by atoms with E-state index in [9.17, 15) is 33.9 Å². The summed E-state index contributed by atoms with van der Waals surface area (Å²) in [5.41, 5.74) is -1.33. The number of carbonyl (C=O) groups is 6. The Morgan fingerprint density at radius 2 is 1.60 bits per heavy atom. The number of aliphatic hydroxyl groups excluding tert-OH is 1. The molecule has 1 saturated carbocycles. The molecule has 268 valence electrons. The number of hydrogen-bond acceptors (Lipinski definition) is 9. The Labute approximate surface area is 278 Å². The van der Waals surface area contributed by atoms with E-state index in [4.69, 9.17) is 9.47 Å². The number of amides is 5. The Morgan fingerprint density at radius 3 is 2.11 bits per heavy atom. The summed E-state index contributed by atoms with van der Waals surface area (Å²) in [5.74, 6) is -3.34. The zero-order valence-electron chi connectivity index (χ0n) is 29.6. The Bertz CT molecular complexity index is 1130. The molecule has 47 heavy (non-hydrogen) atoms. The summed E-state index contributed by atoms with van der Waals surface area (Å²) in [4.78, 5) is 80.1. The molecule has 0 bridgehead atoms. The number of carbonyl (C=O) groups excluding carboxylic acids is 6. The van der Waals surface area contributed by atoms with Gasteiger partial charge >= 0.3 is 6.09 Å². The average molecular weight is 668 g/mol. The molecule has 2 rings (SSSR count). The SMILES string of the molecule is CCCC(NC(=O)[C@@H]1C[C@@H](OC(C)(C)C)CN1C(=O)[C@@H](NC(=O)OCC(C)C)C(C)(C)C)C(=O)C(=O)NCC(=O)N[C@H](CO)C1CC1. The van der Waals surface area contributed by atoms with Crippen LogP contribution in [0.15, 0.2) is 0 Å². The molecule has 0 aromatic heterocycles. The van der Waals surface area contributed by atoms with E-state index in [1.54, 1.807) is 27.7 Å². The maximum Gasteiger partial charge on any atom is 0.407 e. The van der Waals surface area contributed by atoms with Gasteiger partial charge in [0, 0.05) is 13.0 Å². The van der Waals surface area contributed by atoms with Gasteiger partial charge in [0.05, 0.1) is 43.5 Å². The zero-order valence-corrected chi connectivity index (χ0v) is 29.6. The normalized spacial score (nSPS) is 20.2. The molecule has 1 aliphatic heterocycles. The molecular weight excluding hydrogens is 610 g/mol. The largest absolute Gasteiger partial charge is 0.449 e. The van der Waals surface area contributed by atoms with Crippen LogP contribution in [0.1, 0.15) is 94.4 Å². The third kappa shape index (κ3) is 13.0. The first-order valence-corrected chi connectivity index (χ1v) is 16.7. The van der Waals surface area contributed by atoms with E-state index in [1.165, 1.54) is 4.90 Å². The Morgan fingerprint density at radius 1 is 0.957 bits per heavy atom. The highest BCUT2D eigenvalue weighted by atomic mass is 16.5. The minimum atomic E-state index is -1.20. The van der Waals surface area contributed by atoms with Crippen LogP contribution in [-0.2, 0) is 33.4 Å². The van der Waals surface area contributed by atoms with Crippen LogP contribution in [0.25, 0.3) is 0 Å². The van der Waals surface area contributed by atoms with Crippen LogP contribution in [0.2, 0.25) is 0 Å². The first-order chi connectivity index (χ1) is 21.8. The number of ether oxygens (including phenoxy) is 2. The van der Waals surface area contributed by atoms with Crippen molar-refractivity contribution in [3.8, 4) is 0 Å². The summed E-state index contributed by atoms with van der Waals surface area (Å²) in [7, 11) is 0. The van der Waals surface area contributed by atoms with Gasteiger partial charge in [-0.2, -0.15) is 0 Å². The number of rotatable bonds is 16. The third-order valence-corrected chi connectivity index (χ3v) is 7.87. The first kappa shape index (κ1) is 39.9. The monoisotopic (exact) mass is 667 g/mol. The van der Waals surface area contributed by atoms with Crippen LogP contribution in [0.5, 0.6) is 0 Å². The molecule has 0 radical (unpaired) electrons. The van der Waals surface area contributed by atoms with E-state index in [1.807, 2.05) is 34.6 Å². The van der Waals surface area contributed by atoms with Gasteiger partial charge in [0.2, 0.25) is 23.5 Å². The fourth-order valence-electron chi connectivity index (χ4n) is 5.39. The average Bonchev–Trinajstić information content (AvgIpc) is 3.73. The van der Waals surface area contributed by atoms with Gasteiger partial charge in [0.15, 0.2) is 0 Å². The zero-order chi connectivity index (χ0) is 35.7. The van der Waals surface area contributed by atoms with E-state index in [0.717, 1.165) is 12.8 Å². The van der Waals surface area contributed by atoms with Gasteiger partial charge in [-0.15, -0.1) is 0 Å². The first-order valence-electron chi connectivity index (χ1n) is 16.7. The predicted molar refractivity (Wildman–Crippen MR) is 174 cm³/mol. The van der Waals surface area contributed by atoms with Crippen molar-refractivity contribution in [3.63, 3.8) is 0 Å². The lowest BCUT2D eigenvalue weighted by Crippen LogP contribution is -2.59. The summed E-state index contributed by atoms with van der Waals surface area (Å²) < 4.78 is 11.4. The van der Waals surface area contributed by atoms with Gasteiger partial charge < -0.3 is 40.7 Å². The Balaban J connectivity index is 2.20. The van der Waals surface area contributed by atoms with Crippen LogP contribution in [0, 0.1) is 17.3 Å². The smallest absolute Gasteiger partial charge is 0.407 e. The molecule has 5 N–H and O–H groups in total. The van der Waals surface area contributed by atoms with Crippen molar-refractivity contribution in [1.82, 2.24) is 26.2 Å². The summed E-state index contributed by atoms with van der Waals surface area (Å²) in [6, 6.07) is -3.69. The molecule has 0 aromatic carbocycles. The second kappa shape index (κ2) is 17.2. The molecule has 1 aliphatic carbocycles. The fraction of sp³-hybridized carbons (Fsp3) is 0.818. The van der Waals surface area contributed by atoms with E-state index >= 15 is 0 Å². The lowest BCUT2D eigenvalue weighted by molar-refractivity contribution is -0.144. The molecule has 1 saturated heterocycles. The summed E-state index contributed by atoms with van der Waals surface area (Å²) in [6.07, 6.45) is 1.29. The molecular formula is C33H57N5O9. The number of ketones is 1. The summed E-state index contributed by atoms with van der Waals surface area (Å²) >= 11 is 0. The molecule has 0 spiro atoms. The molecule has 5 atom stereocenters. The number of likely N-dealkylation sites (tertiary alicyclic amines) is 1.